The predicted octanol–water partition coefficient (Wildman–Crippen LogP) is 2.88. The van der Waals surface area contributed by atoms with Crippen molar-refractivity contribution in [1.29, 1.82) is 0 Å². The van der Waals surface area contributed by atoms with Crippen LogP contribution in [0.2, 0.25) is 0 Å². The minimum Gasteiger partial charge on any atom is -0.337 e. The molecule has 0 saturated heterocycles. The zero-order chi connectivity index (χ0) is 16.9. The molecule has 0 radical (unpaired) electrons. The van der Waals surface area contributed by atoms with E-state index in [1.807, 2.05) is 22.7 Å². The molecule has 24 heavy (non-hydrogen) atoms. The second-order valence-corrected chi connectivity index (χ2v) is 7.39. The van der Waals surface area contributed by atoms with Crippen molar-refractivity contribution >= 4 is 17.4 Å². The first kappa shape index (κ1) is 17.0. The number of aryl methyl sites for hydroxylation is 3. The summed E-state index contributed by atoms with van der Waals surface area (Å²) < 4.78 is 1.95. The van der Waals surface area contributed by atoms with Gasteiger partial charge in [-0.1, -0.05) is 6.92 Å². The second-order valence-electron chi connectivity index (χ2n) is 6.22. The van der Waals surface area contributed by atoms with Crippen LogP contribution in [0, 0.1) is 0 Å². The van der Waals surface area contributed by atoms with Crippen LogP contribution >= 0.6 is 11.3 Å². The lowest BCUT2D eigenvalue weighted by Gasteiger charge is -2.22. The molecule has 0 atom stereocenters. The van der Waals surface area contributed by atoms with Gasteiger partial charge in [-0.25, -0.2) is 14.8 Å². The van der Waals surface area contributed by atoms with Crippen LogP contribution < -0.4 is 5.32 Å². The molecule has 0 saturated carbocycles. The highest BCUT2D eigenvalue weighted by atomic mass is 32.1. The van der Waals surface area contributed by atoms with Gasteiger partial charge in [-0.3, -0.25) is 0 Å². The molecular weight excluding hydrogens is 322 g/mol. The number of amides is 2. The third-order valence-corrected chi connectivity index (χ3v) is 5.47. The average molecular weight is 347 g/mol. The summed E-state index contributed by atoms with van der Waals surface area (Å²) in [7, 11) is 1.95. The summed E-state index contributed by atoms with van der Waals surface area (Å²) in [5.74, 6) is 0.892. The van der Waals surface area contributed by atoms with E-state index in [-0.39, 0.29) is 6.03 Å². The van der Waals surface area contributed by atoms with Crippen LogP contribution in [-0.2, 0) is 33.0 Å². The van der Waals surface area contributed by atoms with E-state index in [0.717, 1.165) is 30.1 Å². The van der Waals surface area contributed by atoms with Crippen LogP contribution in [0.3, 0.4) is 0 Å². The van der Waals surface area contributed by atoms with Crippen molar-refractivity contribution in [3.05, 3.63) is 33.8 Å². The van der Waals surface area contributed by atoms with Gasteiger partial charge in [0.2, 0.25) is 0 Å². The van der Waals surface area contributed by atoms with E-state index >= 15 is 0 Å². The molecule has 0 spiro atoms. The fraction of sp³-hybridized carbons (Fsp3) is 0.588. The van der Waals surface area contributed by atoms with E-state index in [1.165, 1.54) is 23.4 Å². The topological polar surface area (TPSA) is 63.1 Å². The average Bonchev–Trinajstić information content (AvgIpc) is 3.18. The zero-order valence-corrected chi connectivity index (χ0v) is 15.2. The first-order chi connectivity index (χ1) is 11.7. The summed E-state index contributed by atoms with van der Waals surface area (Å²) in [6.07, 6.45) is 9.30. The number of carbonyl (C=O) groups excluding carboxylic acids is 1. The Kier molecular flexibility index (Phi) is 5.50. The quantitative estimate of drug-likeness (QED) is 0.874. The Bertz CT molecular complexity index is 669. The predicted molar refractivity (Wildman–Crippen MR) is 94.9 cm³/mol. The Morgan fingerprint density at radius 2 is 2.25 bits per heavy atom. The summed E-state index contributed by atoms with van der Waals surface area (Å²) >= 11 is 1.75. The SMILES string of the molecule is CCCN(Cc1nccn1C)C(=O)NCc1nc2c(s1)CCCC2. The molecule has 1 N–H and O–H groups in total. The van der Waals surface area contributed by atoms with Gasteiger partial charge in [0.05, 0.1) is 18.8 Å². The maximum atomic E-state index is 12.5. The van der Waals surface area contributed by atoms with Gasteiger partial charge in [0.15, 0.2) is 0 Å². The number of hydrogen-bond acceptors (Lipinski definition) is 4. The first-order valence-electron chi connectivity index (χ1n) is 8.63. The Morgan fingerprint density at radius 1 is 1.42 bits per heavy atom. The molecule has 3 rings (SSSR count). The zero-order valence-electron chi connectivity index (χ0n) is 14.4. The first-order valence-corrected chi connectivity index (χ1v) is 9.45. The highest BCUT2D eigenvalue weighted by Crippen LogP contribution is 2.26. The minimum atomic E-state index is -0.0481. The van der Waals surface area contributed by atoms with Gasteiger partial charge >= 0.3 is 6.03 Å². The van der Waals surface area contributed by atoms with Gasteiger partial charge in [-0.15, -0.1) is 11.3 Å². The Labute approximate surface area is 146 Å². The number of rotatable bonds is 6. The number of carbonyl (C=O) groups is 1. The lowest BCUT2D eigenvalue weighted by atomic mass is 10.0. The number of thiazole rings is 1. The van der Waals surface area contributed by atoms with Gasteiger partial charge < -0.3 is 14.8 Å². The standard InChI is InChI=1S/C17H25N5OS/c1-3-9-22(12-15-18-8-10-21(15)2)17(23)19-11-16-20-13-6-4-5-7-14(13)24-16/h8,10H,3-7,9,11-12H2,1-2H3,(H,19,23). The fourth-order valence-corrected chi connectivity index (χ4v) is 4.08. The van der Waals surface area contributed by atoms with Crippen LogP contribution in [0.4, 0.5) is 4.79 Å². The Balaban J connectivity index is 1.59. The molecule has 0 unspecified atom stereocenters. The van der Waals surface area contributed by atoms with Crippen LogP contribution in [0.5, 0.6) is 0 Å². The highest BCUT2D eigenvalue weighted by molar-refractivity contribution is 7.11. The van der Waals surface area contributed by atoms with Gasteiger partial charge in [0, 0.05) is 30.9 Å². The molecule has 2 heterocycles. The molecule has 1 aliphatic carbocycles. The molecule has 2 aromatic rings. The van der Waals surface area contributed by atoms with Crippen molar-refractivity contribution in [3.63, 3.8) is 0 Å². The summed E-state index contributed by atoms with van der Waals surface area (Å²) in [5, 5.41) is 4.04. The Morgan fingerprint density at radius 3 is 2.96 bits per heavy atom. The maximum absolute atomic E-state index is 12.5. The van der Waals surface area contributed by atoms with Gasteiger partial charge in [-0.2, -0.15) is 0 Å². The molecule has 7 heteroatoms. The second kappa shape index (κ2) is 7.79. The van der Waals surface area contributed by atoms with E-state index in [0.29, 0.717) is 19.6 Å². The molecule has 0 bridgehead atoms. The van der Waals surface area contributed by atoms with Crippen molar-refractivity contribution in [1.82, 2.24) is 24.8 Å². The van der Waals surface area contributed by atoms with Gasteiger partial charge in [-0.05, 0) is 32.1 Å². The minimum absolute atomic E-state index is 0.0481. The van der Waals surface area contributed by atoms with E-state index in [1.54, 1.807) is 17.5 Å². The van der Waals surface area contributed by atoms with Crippen molar-refractivity contribution < 1.29 is 4.79 Å². The molecule has 2 amide bonds. The van der Waals surface area contributed by atoms with E-state index in [2.05, 4.69) is 22.2 Å². The summed E-state index contributed by atoms with van der Waals surface area (Å²) in [5.41, 5.74) is 1.24. The van der Waals surface area contributed by atoms with Crippen molar-refractivity contribution in [2.75, 3.05) is 6.54 Å². The van der Waals surface area contributed by atoms with Crippen LogP contribution in [0.25, 0.3) is 0 Å². The molecule has 1 aliphatic rings. The van der Waals surface area contributed by atoms with Gasteiger partial charge in [0.25, 0.3) is 0 Å². The summed E-state index contributed by atoms with van der Waals surface area (Å²) in [6, 6.07) is -0.0481. The van der Waals surface area contributed by atoms with E-state index < -0.39 is 0 Å². The third-order valence-electron chi connectivity index (χ3n) is 4.31. The number of aromatic nitrogens is 3. The van der Waals surface area contributed by atoms with Gasteiger partial charge in [0.1, 0.15) is 10.8 Å². The normalized spacial score (nSPS) is 13.6. The molecule has 0 aliphatic heterocycles. The number of urea groups is 1. The molecule has 2 aromatic heterocycles. The lowest BCUT2D eigenvalue weighted by Crippen LogP contribution is -2.40. The molecule has 0 fully saturated rings. The van der Waals surface area contributed by atoms with E-state index in [4.69, 9.17) is 0 Å². The van der Waals surface area contributed by atoms with Crippen LogP contribution in [-0.4, -0.2) is 32.0 Å². The molecule has 130 valence electrons. The highest BCUT2D eigenvalue weighted by Gasteiger charge is 2.18. The maximum Gasteiger partial charge on any atom is 0.318 e. The lowest BCUT2D eigenvalue weighted by molar-refractivity contribution is 0.192. The molecule has 0 aromatic carbocycles. The van der Waals surface area contributed by atoms with E-state index in [9.17, 15) is 4.79 Å². The number of nitrogens with one attached hydrogen (secondary N) is 1. The van der Waals surface area contributed by atoms with Crippen LogP contribution in [0.15, 0.2) is 12.4 Å². The molecule has 6 nitrogen and oxygen atoms in total. The summed E-state index contributed by atoms with van der Waals surface area (Å²) in [4.78, 5) is 24.8. The van der Waals surface area contributed by atoms with Crippen molar-refractivity contribution in [2.45, 2.75) is 52.1 Å². The fourth-order valence-electron chi connectivity index (χ4n) is 2.99. The number of nitrogens with zero attached hydrogens (tertiary/aromatic N) is 4. The number of imidazole rings is 1. The smallest absolute Gasteiger partial charge is 0.318 e. The monoisotopic (exact) mass is 347 g/mol. The summed E-state index contributed by atoms with van der Waals surface area (Å²) in [6.45, 7) is 3.83. The number of hydrogen-bond donors (Lipinski definition) is 1. The van der Waals surface area contributed by atoms with Crippen LogP contribution in [0.1, 0.15) is 47.6 Å². The molecular formula is C17H25N5OS. The largest absolute Gasteiger partial charge is 0.337 e. The third kappa shape index (κ3) is 3.95. The van der Waals surface area contributed by atoms with Crippen molar-refractivity contribution in [3.8, 4) is 0 Å². The number of fused-ring (bicyclic) bond motifs is 1. The Hall–Kier alpha value is -1.89. The van der Waals surface area contributed by atoms with Crippen molar-refractivity contribution in [2.24, 2.45) is 7.05 Å².